The summed E-state index contributed by atoms with van der Waals surface area (Å²) in [5.41, 5.74) is 3.71. The molecule has 0 aliphatic carbocycles. The van der Waals surface area contributed by atoms with Crippen LogP contribution in [0, 0.1) is 24.0 Å². The van der Waals surface area contributed by atoms with Crippen LogP contribution in [0.5, 0.6) is 0 Å². The van der Waals surface area contributed by atoms with E-state index in [-0.39, 0.29) is 5.69 Å². The van der Waals surface area contributed by atoms with Crippen molar-refractivity contribution < 1.29 is 9.72 Å². The molecule has 0 aliphatic rings. The molecule has 0 bridgehead atoms. The van der Waals surface area contributed by atoms with Crippen LogP contribution in [0.25, 0.3) is 5.69 Å². The second kappa shape index (κ2) is 6.94. The van der Waals surface area contributed by atoms with Gasteiger partial charge in [0, 0.05) is 44.6 Å². The number of hydrogen-bond acceptors (Lipinski definition) is 4. The van der Waals surface area contributed by atoms with Gasteiger partial charge >= 0.3 is 0 Å². The topological polar surface area (TPSA) is 65.1 Å². The Kier molecular flexibility index (Phi) is 4.72. The van der Waals surface area contributed by atoms with E-state index in [4.69, 9.17) is 0 Å². The second-order valence-electron chi connectivity index (χ2n) is 5.63. The molecule has 0 atom stereocenters. The van der Waals surface area contributed by atoms with Crippen LogP contribution in [0.2, 0.25) is 0 Å². The minimum Gasteiger partial charge on any atom is -0.318 e. The maximum Gasteiger partial charge on any atom is 0.269 e. The standard InChI is InChI=1S/C19H16N2O3S/c1-13-11-15(12-22)14(2)20(13)16-3-7-18(8-4-16)25-19-9-5-17(6-10-19)21(23)24/h3-12H,1-2H3. The number of nitro groups is 1. The fourth-order valence-corrected chi connectivity index (χ4v) is 3.56. The first-order chi connectivity index (χ1) is 12.0. The van der Waals surface area contributed by atoms with E-state index in [0.717, 1.165) is 33.2 Å². The van der Waals surface area contributed by atoms with Crippen molar-refractivity contribution >= 4 is 23.7 Å². The molecule has 126 valence electrons. The van der Waals surface area contributed by atoms with Gasteiger partial charge in [0.15, 0.2) is 6.29 Å². The van der Waals surface area contributed by atoms with Crippen molar-refractivity contribution in [3.8, 4) is 5.69 Å². The molecular formula is C19H16N2O3S. The van der Waals surface area contributed by atoms with E-state index in [2.05, 4.69) is 0 Å². The Morgan fingerprint density at radius 2 is 1.56 bits per heavy atom. The highest BCUT2D eigenvalue weighted by molar-refractivity contribution is 7.99. The van der Waals surface area contributed by atoms with Gasteiger partial charge in [0.25, 0.3) is 5.69 Å². The monoisotopic (exact) mass is 352 g/mol. The van der Waals surface area contributed by atoms with E-state index in [1.54, 1.807) is 23.9 Å². The van der Waals surface area contributed by atoms with Crippen molar-refractivity contribution in [3.05, 3.63) is 81.7 Å². The summed E-state index contributed by atoms with van der Waals surface area (Å²) in [5, 5.41) is 10.7. The zero-order valence-corrected chi connectivity index (χ0v) is 14.6. The lowest BCUT2D eigenvalue weighted by Gasteiger charge is -2.10. The number of aryl methyl sites for hydroxylation is 1. The third kappa shape index (κ3) is 3.49. The fourth-order valence-electron chi connectivity index (χ4n) is 2.74. The molecule has 0 saturated heterocycles. The molecule has 0 fully saturated rings. The van der Waals surface area contributed by atoms with Gasteiger partial charge in [-0.3, -0.25) is 14.9 Å². The Labute approximate surface area is 149 Å². The maximum atomic E-state index is 11.1. The van der Waals surface area contributed by atoms with E-state index in [0.29, 0.717) is 5.56 Å². The van der Waals surface area contributed by atoms with Crippen molar-refractivity contribution in [2.24, 2.45) is 0 Å². The average molecular weight is 352 g/mol. The summed E-state index contributed by atoms with van der Waals surface area (Å²) < 4.78 is 2.05. The summed E-state index contributed by atoms with van der Waals surface area (Å²) in [6, 6.07) is 16.4. The Bertz CT molecular complexity index is 929. The highest BCUT2D eigenvalue weighted by Gasteiger charge is 2.10. The zero-order chi connectivity index (χ0) is 18.0. The third-order valence-corrected chi connectivity index (χ3v) is 4.99. The average Bonchev–Trinajstić information content (AvgIpc) is 2.90. The Balaban J connectivity index is 1.82. The molecule has 1 heterocycles. The van der Waals surface area contributed by atoms with Crippen LogP contribution in [0.4, 0.5) is 5.69 Å². The van der Waals surface area contributed by atoms with Gasteiger partial charge in [-0.15, -0.1) is 0 Å². The molecule has 0 spiro atoms. The van der Waals surface area contributed by atoms with E-state index in [1.165, 1.54) is 12.1 Å². The highest BCUT2D eigenvalue weighted by Crippen LogP contribution is 2.30. The van der Waals surface area contributed by atoms with Gasteiger partial charge in [-0.05, 0) is 56.3 Å². The summed E-state index contributed by atoms with van der Waals surface area (Å²) in [6.07, 6.45) is 0.873. The summed E-state index contributed by atoms with van der Waals surface area (Å²) in [5.74, 6) is 0. The fraction of sp³-hybridized carbons (Fsp3) is 0.105. The van der Waals surface area contributed by atoms with E-state index in [9.17, 15) is 14.9 Å². The quantitative estimate of drug-likeness (QED) is 0.369. The van der Waals surface area contributed by atoms with Gasteiger partial charge in [0.05, 0.1) is 4.92 Å². The molecule has 0 amide bonds. The molecule has 0 unspecified atom stereocenters. The minimum atomic E-state index is -0.404. The van der Waals surface area contributed by atoms with Gasteiger partial charge in [0.2, 0.25) is 0 Å². The first-order valence-corrected chi connectivity index (χ1v) is 8.48. The summed E-state index contributed by atoms with van der Waals surface area (Å²) in [7, 11) is 0. The smallest absolute Gasteiger partial charge is 0.269 e. The van der Waals surface area contributed by atoms with Gasteiger partial charge in [0.1, 0.15) is 0 Å². The number of benzene rings is 2. The Morgan fingerprint density at radius 3 is 2.04 bits per heavy atom. The molecule has 6 heteroatoms. The van der Waals surface area contributed by atoms with Crippen LogP contribution in [-0.2, 0) is 0 Å². The van der Waals surface area contributed by atoms with Gasteiger partial charge < -0.3 is 4.57 Å². The number of aldehydes is 1. The van der Waals surface area contributed by atoms with Crippen LogP contribution < -0.4 is 0 Å². The van der Waals surface area contributed by atoms with Gasteiger partial charge in [-0.1, -0.05) is 11.8 Å². The zero-order valence-electron chi connectivity index (χ0n) is 13.8. The predicted octanol–water partition coefficient (Wildman–Crippen LogP) is 4.97. The normalized spacial score (nSPS) is 10.6. The van der Waals surface area contributed by atoms with Crippen molar-refractivity contribution in [1.82, 2.24) is 4.57 Å². The van der Waals surface area contributed by atoms with Gasteiger partial charge in [-0.2, -0.15) is 0 Å². The van der Waals surface area contributed by atoms with Crippen LogP contribution in [0.15, 0.2) is 64.4 Å². The van der Waals surface area contributed by atoms with Crippen molar-refractivity contribution in [2.45, 2.75) is 23.6 Å². The summed E-state index contributed by atoms with van der Waals surface area (Å²) >= 11 is 1.54. The Morgan fingerprint density at radius 1 is 1.00 bits per heavy atom. The number of nitro benzene ring substituents is 1. The Hall–Kier alpha value is -2.86. The molecule has 0 radical (unpaired) electrons. The van der Waals surface area contributed by atoms with E-state index in [1.807, 2.05) is 48.7 Å². The van der Waals surface area contributed by atoms with E-state index >= 15 is 0 Å². The lowest BCUT2D eigenvalue weighted by Crippen LogP contribution is -1.99. The highest BCUT2D eigenvalue weighted by atomic mass is 32.2. The summed E-state index contributed by atoms with van der Waals surface area (Å²) in [6.45, 7) is 3.90. The predicted molar refractivity (Wildman–Crippen MR) is 97.8 cm³/mol. The minimum absolute atomic E-state index is 0.0873. The van der Waals surface area contributed by atoms with Crippen molar-refractivity contribution in [2.75, 3.05) is 0 Å². The van der Waals surface area contributed by atoms with Crippen LogP contribution in [0.3, 0.4) is 0 Å². The lowest BCUT2D eigenvalue weighted by molar-refractivity contribution is -0.384. The largest absolute Gasteiger partial charge is 0.318 e. The van der Waals surface area contributed by atoms with Crippen LogP contribution >= 0.6 is 11.8 Å². The van der Waals surface area contributed by atoms with Gasteiger partial charge in [-0.25, -0.2) is 0 Å². The number of nitrogens with zero attached hydrogens (tertiary/aromatic N) is 2. The summed E-state index contributed by atoms with van der Waals surface area (Å²) in [4.78, 5) is 23.4. The molecule has 0 N–H and O–H groups in total. The van der Waals surface area contributed by atoms with Crippen LogP contribution in [-0.4, -0.2) is 15.8 Å². The first-order valence-electron chi connectivity index (χ1n) is 7.66. The number of aromatic nitrogens is 1. The molecule has 25 heavy (non-hydrogen) atoms. The lowest BCUT2D eigenvalue weighted by atomic mass is 10.2. The van der Waals surface area contributed by atoms with Crippen molar-refractivity contribution in [3.63, 3.8) is 0 Å². The number of hydrogen-bond donors (Lipinski definition) is 0. The number of non-ortho nitro benzene ring substituents is 1. The van der Waals surface area contributed by atoms with Crippen molar-refractivity contribution in [1.29, 1.82) is 0 Å². The number of carbonyl (C=O) groups is 1. The molecule has 0 saturated carbocycles. The molecule has 5 nitrogen and oxygen atoms in total. The second-order valence-corrected chi connectivity index (χ2v) is 6.77. The molecule has 3 rings (SSSR count). The molecular weight excluding hydrogens is 336 g/mol. The SMILES string of the molecule is Cc1cc(C=O)c(C)n1-c1ccc(Sc2ccc([N+](=O)[O-])cc2)cc1. The molecule has 1 aromatic heterocycles. The molecule has 3 aromatic rings. The van der Waals surface area contributed by atoms with E-state index < -0.39 is 4.92 Å². The third-order valence-electron chi connectivity index (χ3n) is 3.98. The maximum absolute atomic E-state index is 11.1. The molecule has 2 aromatic carbocycles. The number of rotatable bonds is 5. The first kappa shape index (κ1) is 17.0. The number of carbonyl (C=O) groups excluding carboxylic acids is 1. The van der Waals surface area contributed by atoms with Crippen LogP contribution in [0.1, 0.15) is 21.7 Å². The molecule has 0 aliphatic heterocycles.